The SMILES string of the molecule is CCC1(CC)CCN(c2c(N)cccc2Cl)C1. The predicted molar refractivity (Wildman–Crippen MR) is 75.7 cm³/mol. The fraction of sp³-hybridized carbons (Fsp3) is 0.571. The van der Waals surface area contributed by atoms with E-state index in [1.165, 1.54) is 19.3 Å². The van der Waals surface area contributed by atoms with E-state index in [4.69, 9.17) is 17.3 Å². The lowest BCUT2D eigenvalue weighted by Gasteiger charge is -2.28. The Bertz CT molecular complexity index is 379. The number of rotatable bonds is 3. The summed E-state index contributed by atoms with van der Waals surface area (Å²) in [6, 6.07) is 5.76. The number of hydrogen-bond donors (Lipinski definition) is 1. The highest BCUT2D eigenvalue weighted by atomic mass is 35.5. The third-order valence-electron chi connectivity index (χ3n) is 4.27. The van der Waals surface area contributed by atoms with Crippen LogP contribution in [0.5, 0.6) is 0 Å². The molecule has 0 bridgehead atoms. The lowest BCUT2D eigenvalue weighted by Crippen LogP contribution is -2.26. The number of nitrogens with two attached hydrogens (primary N) is 1. The number of para-hydroxylation sites is 1. The van der Waals surface area contributed by atoms with E-state index in [0.717, 1.165) is 29.5 Å². The zero-order chi connectivity index (χ0) is 12.5. The van der Waals surface area contributed by atoms with Crippen molar-refractivity contribution in [1.82, 2.24) is 0 Å². The van der Waals surface area contributed by atoms with Crippen molar-refractivity contribution < 1.29 is 0 Å². The Hall–Kier alpha value is -0.890. The van der Waals surface area contributed by atoms with Crippen molar-refractivity contribution >= 4 is 23.0 Å². The van der Waals surface area contributed by atoms with Crippen molar-refractivity contribution in [1.29, 1.82) is 0 Å². The standard InChI is InChI=1S/C14H21ClN2/c1-3-14(4-2)8-9-17(10-14)13-11(15)6-5-7-12(13)16/h5-7H,3-4,8-10,16H2,1-2H3. The van der Waals surface area contributed by atoms with Crippen LogP contribution in [-0.4, -0.2) is 13.1 Å². The molecular formula is C14H21ClN2. The first-order chi connectivity index (χ1) is 8.12. The summed E-state index contributed by atoms with van der Waals surface area (Å²) in [5.74, 6) is 0. The second kappa shape index (κ2) is 4.77. The molecule has 0 spiro atoms. The molecule has 0 aliphatic carbocycles. The van der Waals surface area contributed by atoms with Crippen molar-refractivity contribution in [3.63, 3.8) is 0 Å². The van der Waals surface area contributed by atoms with E-state index in [1.54, 1.807) is 0 Å². The van der Waals surface area contributed by atoms with Gasteiger partial charge in [-0.2, -0.15) is 0 Å². The maximum Gasteiger partial charge on any atom is 0.0789 e. The summed E-state index contributed by atoms with van der Waals surface area (Å²) in [7, 11) is 0. The highest BCUT2D eigenvalue weighted by Gasteiger charge is 2.36. The lowest BCUT2D eigenvalue weighted by molar-refractivity contribution is 0.301. The minimum absolute atomic E-state index is 0.450. The number of hydrogen-bond acceptors (Lipinski definition) is 2. The van der Waals surface area contributed by atoms with Gasteiger partial charge in [0.1, 0.15) is 0 Å². The third-order valence-corrected chi connectivity index (χ3v) is 4.58. The highest BCUT2D eigenvalue weighted by Crippen LogP contribution is 2.42. The van der Waals surface area contributed by atoms with Gasteiger partial charge in [0, 0.05) is 13.1 Å². The van der Waals surface area contributed by atoms with Crippen LogP contribution in [0, 0.1) is 5.41 Å². The molecule has 1 saturated heterocycles. The molecule has 2 rings (SSSR count). The Kier molecular flexibility index (Phi) is 3.53. The van der Waals surface area contributed by atoms with Crippen LogP contribution < -0.4 is 10.6 Å². The van der Waals surface area contributed by atoms with Gasteiger partial charge in [-0.05, 0) is 36.8 Å². The fourth-order valence-corrected chi connectivity index (χ4v) is 3.12. The Labute approximate surface area is 109 Å². The molecule has 1 aromatic carbocycles. The quantitative estimate of drug-likeness (QED) is 0.826. The van der Waals surface area contributed by atoms with Crippen LogP contribution >= 0.6 is 11.6 Å². The van der Waals surface area contributed by atoms with Crippen molar-refractivity contribution in [2.75, 3.05) is 23.7 Å². The summed E-state index contributed by atoms with van der Waals surface area (Å²) in [6.07, 6.45) is 3.69. The summed E-state index contributed by atoms with van der Waals surface area (Å²) in [4.78, 5) is 2.35. The molecule has 3 heteroatoms. The Morgan fingerprint density at radius 3 is 2.59 bits per heavy atom. The number of anilines is 2. The molecule has 0 atom stereocenters. The van der Waals surface area contributed by atoms with Gasteiger partial charge in [-0.25, -0.2) is 0 Å². The number of halogens is 1. The zero-order valence-corrected chi connectivity index (χ0v) is 11.4. The van der Waals surface area contributed by atoms with Gasteiger partial charge in [-0.3, -0.25) is 0 Å². The number of benzene rings is 1. The van der Waals surface area contributed by atoms with E-state index in [9.17, 15) is 0 Å². The average Bonchev–Trinajstić information content (AvgIpc) is 2.74. The van der Waals surface area contributed by atoms with Crippen LogP contribution in [0.4, 0.5) is 11.4 Å². The smallest absolute Gasteiger partial charge is 0.0789 e. The fourth-order valence-electron chi connectivity index (χ4n) is 2.82. The van der Waals surface area contributed by atoms with E-state index in [-0.39, 0.29) is 0 Å². The molecule has 1 aliphatic rings. The molecule has 2 N–H and O–H groups in total. The molecule has 2 nitrogen and oxygen atoms in total. The normalized spacial score (nSPS) is 18.6. The third kappa shape index (κ3) is 2.23. The molecule has 17 heavy (non-hydrogen) atoms. The molecule has 0 saturated carbocycles. The highest BCUT2D eigenvalue weighted by molar-refractivity contribution is 6.34. The molecule has 1 heterocycles. The summed E-state index contributed by atoms with van der Waals surface area (Å²) in [5, 5.41) is 0.771. The van der Waals surface area contributed by atoms with Crippen molar-refractivity contribution in [2.24, 2.45) is 5.41 Å². The minimum atomic E-state index is 0.450. The van der Waals surface area contributed by atoms with Crippen LogP contribution in [0.1, 0.15) is 33.1 Å². The van der Waals surface area contributed by atoms with Crippen molar-refractivity contribution in [3.05, 3.63) is 23.2 Å². The van der Waals surface area contributed by atoms with Gasteiger partial charge in [0.25, 0.3) is 0 Å². The Morgan fingerprint density at radius 2 is 2.06 bits per heavy atom. The molecule has 1 aromatic rings. The molecule has 0 radical (unpaired) electrons. The molecule has 0 amide bonds. The van der Waals surface area contributed by atoms with Crippen molar-refractivity contribution in [3.8, 4) is 0 Å². The average molecular weight is 253 g/mol. The van der Waals surface area contributed by atoms with E-state index >= 15 is 0 Å². The first-order valence-corrected chi connectivity index (χ1v) is 6.78. The van der Waals surface area contributed by atoms with E-state index < -0.39 is 0 Å². The van der Waals surface area contributed by atoms with Crippen LogP contribution in [0.15, 0.2) is 18.2 Å². The minimum Gasteiger partial charge on any atom is -0.397 e. The lowest BCUT2D eigenvalue weighted by atomic mass is 9.82. The van der Waals surface area contributed by atoms with E-state index in [2.05, 4.69) is 18.7 Å². The second-order valence-corrected chi connectivity index (χ2v) is 5.46. The van der Waals surface area contributed by atoms with Crippen LogP contribution in [-0.2, 0) is 0 Å². The van der Waals surface area contributed by atoms with Crippen LogP contribution in [0.3, 0.4) is 0 Å². The monoisotopic (exact) mass is 252 g/mol. The van der Waals surface area contributed by atoms with E-state index in [0.29, 0.717) is 5.41 Å². The molecule has 0 aromatic heterocycles. The van der Waals surface area contributed by atoms with Gasteiger partial charge in [0.2, 0.25) is 0 Å². The second-order valence-electron chi connectivity index (χ2n) is 5.06. The largest absolute Gasteiger partial charge is 0.397 e. The summed E-state index contributed by atoms with van der Waals surface area (Å²) in [6.45, 7) is 6.70. The van der Waals surface area contributed by atoms with Gasteiger partial charge in [-0.15, -0.1) is 0 Å². The molecular weight excluding hydrogens is 232 g/mol. The number of nitrogen functional groups attached to an aromatic ring is 1. The van der Waals surface area contributed by atoms with Gasteiger partial charge in [-0.1, -0.05) is 31.5 Å². The maximum atomic E-state index is 6.27. The Morgan fingerprint density at radius 1 is 1.35 bits per heavy atom. The number of nitrogens with zero attached hydrogens (tertiary/aromatic N) is 1. The summed E-state index contributed by atoms with van der Waals surface area (Å²) < 4.78 is 0. The predicted octanol–water partition coefficient (Wildman–Crippen LogP) is 3.94. The molecule has 94 valence electrons. The van der Waals surface area contributed by atoms with E-state index in [1.807, 2.05) is 18.2 Å². The Balaban J connectivity index is 2.26. The van der Waals surface area contributed by atoms with Gasteiger partial charge >= 0.3 is 0 Å². The van der Waals surface area contributed by atoms with Crippen LogP contribution in [0.2, 0.25) is 5.02 Å². The van der Waals surface area contributed by atoms with Gasteiger partial charge in [0.15, 0.2) is 0 Å². The molecule has 0 unspecified atom stereocenters. The summed E-state index contributed by atoms with van der Waals surface area (Å²) >= 11 is 6.27. The van der Waals surface area contributed by atoms with Gasteiger partial charge < -0.3 is 10.6 Å². The molecule has 1 fully saturated rings. The van der Waals surface area contributed by atoms with Gasteiger partial charge in [0.05, 0.1) is 16.4 Å². The topological polar surface area (TPSA) is 29.3 Å². The van der Waals surface area contributed by atoms with Crippen molar-refractivity contribution in [2.45, 2.75) is 33.1 Å². The maximum absolute atomic E-state index is 6.27. The molecule has 1 aliphatic heterocycles. The first kappa shape index (κ1) is 12.6. The zero-order valence-electron chi connectivity index (χ0n) is 10.7. The first-order valence-electron chi connectivity index (χ1n) is 6.41. The summed E-state index contributed by atoms with van der Waals surface area (Å²) in [5.41, 5.74) is 8.31. The van der Waals surface area contributed by atoms with Crippen LogP contribution in [0.25, 0.3) is 0 Å².